The monoisotopic (exact) mass is 452 g/mol. The number of pyridine rings is 1. The molecular weight excluding hydrogens is 430 g/mol. The van der Waals surface area contributed by atoms with Gasteiger partial charge in [0.15, 0.2) is 5.82 Å². The number of likely N-dealkylation sites (tertiary alicyclic amines) is 1. The summed E-state index contributed by atoms with van der Waals surface area (Å²) in [5, 5.41) is 0. The molecule has 1 fully saturated rings. The molecular formula is C23H22F2N6O2. The van der Waals surface area contributed by atoms with E-state index < -0.39 is 11.6 Å². The maximum Gasteiger partial charge on any atom is 0.274 e. The Balaban J connectivity index is 1.88. The molecule has 1 amide bonds. The van der Waals surface area contributed by atoms with Gasteiger partial charge in [-0.25, -0.2) is 23.6 Å². The maximum absolute atomic E-state index is 14.5. The lowest BCUT2D eigenvalue weighted by atomic mass is 10.1. The van der Waals surface area contributed by atoms with Gasteiger partial charge >= 0.3 is 0 Å². The number of carbonyl (C=O) groups excluding carboxylic acids is 1. The molecule has 4 rings (SSSR count). The zero-order valence-corrected chi connectivity index (χ0v) is 18.2. The van der Waals surface area contributed by atoms with Gasteiger partial charge in [-0.1, -0.05) is 12.1 Å². The molecule has 8 nitrogen and oxygen atoms in total. The lowest BCUT2D eigenvalue weighted by molar-refractivity contribution is 0.0702. The number of rotatable bonds is 4. The molecule has 0 unspecified atom stereocenters. The molecule has 2 N–H and O–H groups in total. The Morgan fingerprint density at radius 3 is 2.73 bits per heavy atom. The van der Waals surface area contributed by atoms with Crippen LogP contribution in [-0.4, -0.2) is 51.6 Å². The van der Waals surface area contributed by atoms with Crippen LogP contribution in [-0.2, 0) is 0 Å². The summed E-state index contributed by atoms with van der Waals surface area (Å²) >= 11 is 0. The van der Waals surface area contributed by atoms with Gasteiger partial charge in [0, 0.05) is 30.8 Å². The van der Waals surface area contributed by atoms with Crippen LogP contribution < -0.4 is 10.5 Å². The highest BCUT2D eigenvalue weighted by molar-refractivity contribution is 5.94. The van der Waals surface area contributed by atoms with Crippen LogP contribution in [0.15, 0.2) is 30.5 Å². The summed E-state index contributed by atoms with van der Waals surface area (Å²) in [7, 11) is 1.31. The largest absolute Gasteiger partial charge is 0.479 e. The van der Waals surface area contributed by atoms with E-state index in [1.807, 2.05) is 0 Å². The Morgan fingerprint density at radius 2 is 2.09 bits per heavy atom. The molecule has 3 aromatic rings. The van der Waals surface area contributed by atoms with Gasteiger partial charge in [-0.2, -0.15) is 0 Å². The molecule has 0 aliphatic carbocycles. The van der Waals surface area contributed by atoms with Gasteiger partial charge in [0.1, 0.15) is 17.3 Å². The van der Waals surface area contributed by atoms with E-state index >= 15 is 0 Å². The minimum absolute atomic E-state index is 0.111. The molecule has 0 spiro atoms. The average molecular weight is 452 g/mol. The van der Waals surface area contributed by atoms with Crippen molar-refractivity contribution in [3.8, 4) is 23.0 Å². The molecule has 1 saturated heterocycles. The summed E-state index contributed by atoms with van der Waals surface area (Å²) in [5.74, 6) is -1.67. The molecule has 10 heteroatoms. The van der Waals surface area contributed by atoms with Crippen molar-refractivity contribution in [1.29, 1.82) is 0 Å². The molecule has 33 heavy (non-hydrogen) atoms. The van der Waals surface area contributed by atoms with E-state index in [0.717, 1.165) is 12.8 Å². The molecule has 1 atom stereocenters. The molecule has 0 radical (unpaired) electrons. The minimum atomic E-state index is -0.719. The standard InChI is InChI=1S/C23H22F2N6O2/c1-13-20(23(32)30-8-4-5-15(26)12-30)29-21(14-6-7-19(27-2)17(24)9-14)31(13)16-10-18(25)22(33-3)28-11-16/h6-7,9-11,15H,4-5,8,12,26H2,1,3H3/t15-/m1/s1. The zero-order valence-electron chi connectivity index (χ0n) is 18.2. The van der Waals surface area contributed by atoms with E-state index in [1.54, 1.807) is 16.4 Å². The number of methoxy groups -OCH3 is 1. The van der Waals surface area contributed by atoms with E-state index in [2.05, 4.69) is 14.8 Å². The van der Waals surface area contributed by atoms with Crippen molar-refractivity contribution in [3.63, 3.8) is 0 Å². The normalized spacial score (nSPS) is 15.9. The van der Waals surface area contributed by atoms with E-state index in [0.29, 0.717) is 24.3 Å². The van der Waals surface area contributed by atoms with Gasteiger partial charge in [-0.3, -0.25) is 9.36 Å². The Labute approximate surface area is 189 Å². The van der Waals surface area contributed by atoms with Gasteiger partial charge in [0.05, 0.1) is 31.3 Å². The van der Waals surface area contributed by atoms with Crippen LogP contribution in [0, 0.1) is 25.1 Å². The Hall–Kier alpha value is -3.84. The Morgan fingerprint density at radius 1 is 1.30 bits per heavy atom. The summed E-state index contributed by atoms with van der Waals surface area (Å²) < 4.78 is 35.3. The lowest BCUT2D eigenvalue weighted by Crippen LogP contribution is -2.46. The first-order chi connectivity index (χ1) is 15.8. The van der Waals surface area contributed by atoms with E-state index in [1.165, 1.54) is 37.6 Å². The summed E-state index contributed by atoms with van der Waals surface area (Å²) in [5.41, 5.74) is 7.12. The molecule has 0 saturated carbocycles. The van der Waals surface area contributed by atoms with Crippen LogP contribution in [0.2, 0.25) is 0 Å². The molecule has 170 valence electrons. The highest BCUT2D eigenvalue weighted by Crippen LogP contribution is 2.31. The Bertz CT molecular complexity index is 1270. The van der Waals surface area contributed by atoms with Gasteiger partial charge < -0.3 is 15.4 Å². The van der Waals surface area contributed by atoms with Crippen molar-refractivity contribution in [2.75, 3.05) is 20.2 Å². The first-order valence-electron chi connectivity index (χ1n) is 10.4. The number of hydrogen-bond donors (Lipinski definition) is 1. The van der Waals surface area contributed by atoms with E-state index in [-0.39, 0.29) is 40.7 Å². The molecule has 3 heterocycles. The average Bonchev–Trinajstić information content (AvgIpc) is 3.15. The minimum Gasteiger partial charge on any atom is -0.479 e. The van der Waals surface area contributed by atoms with Gasteiger partial charge in [-0.15, -0.1) is 0 Å². The number of piperidine rings is 1. The van der Waals surface area contributed by atoms with Gasteiger partial charge in [0.2, 0.25) is 11.6 Å². The van der Waals surface area contributed by atoms with Crippen molar-refractivity contribution in [3.05, 3.63) is 64.9 Å². The number of imidazole rings is 1. The second-order valence-electron chi connectivity index (χ2n) is 7.82. The third kappa shape index (κ3) is 4.15. The van der Waals surface area contributed by atoms with E-state index in [9.17, 15) is 13.6 Å². The number of carbonyl (C=O) groups is 1. The van der Waals surface area contributed by atoms with Crippen LogP contribution in [0.5, 0.6) is 5.88 Å². The number of nitrogens with zero attached hydrogens (tertiary/aromatic N) is 5. The van der Waals surface area contributed by atoms with Gasteiger partial charge in [-0.05, 0) is 25.8 Å². The van der Waals surface area contributed by atoms with Crippen molar-refractivity contribution in [1.82, 2.24) is 19.4 Å². The van der Waals surface area contributed by atoms with Crippen LogP contribution in [0.1, 0.15) is 29.0 Å². The van der Waals surface area contributed by atoms with Crippen molar-refractivity contribution >= 4 is 11.6 Å². The summed E-state index contributed by atoms with van der Waals surface area (Å²) in [6, 6.07) is 5.14. The van der Waals surface area contributed by atoms with Crippen molar-refractivity contribution in [2.45, 2.75) is 25.8 Å². The second-order valence-corrected chi connectivity index (χ2v) is 7.82. The highest BCUT2D eigenvalue weighted by atomic mass is 19.1. The van der Waals surface area contributed by atoms with E-state index in [4.69, 9.17) is 17.0 Å². The lowest BCUT2D eigenvalue weighted by Gasteiger charge is -2.30. The number of nitrogens with two attached hydrogens (primary N) is 1. The second kappa shape index (κ2) is 8.96. The van der Waals surface area contributed by atoms with Crippen LogP contribution in [0.25, 0.3) is 21.9 Å². The third-order valence-electron chi connectivity index (χ3n) is 5.63. The predicted octanol–water partition coefficient (Wildman–Crippen LogP) is 3.64. The number of benzene rings is 1. The number of ether oxygens (including phenoxy) is 1. The van der Waals surface area contributed by atoms with Crippen LogP contribution in [0.3, 0.4) is 0 Å². The first-order valence-corrected chi connectivity index (χ1v) is 10.4. The topological polar surface area (TPSA) is 90.6 Å². The predicted molar refractivity (Wildman–Crippen MR) is 117 cm³/mol. The fourth-order valence-electron chi connectivity index (χ4n) is 3.98. The number of halogens is 2. The fraction of sp³-hybridized carbons (Fsp3) is 0.304. The van der Waals surface area contributed by atoms with Crippen LogP contribution >= 0.6 is 0 Å². The first kappa shape index (κ1) is 22.4. The van der Waals surface area contributed by atoms with Crippen molar-refractivity contribution < 1.29 is 18.3 Å². The molecule has 0 bridgehead atoms. The van der Waals surface area contributed by atoms with Gasteiger partial charge in [0.25, 0.3) is 5.91 Å². The fourth-order valence-corrected chi connectivity index (χ4v) is 3.98. The smallest absolute Gasteiger partial charge is 0.274 e. The quantitative estimate of drug-likeness (QED) is 0.611. The summed E-state index contributed by atoms with van der Waals surface area (Å²) in [4.78, 5) is 26.6. The third-order valence-corrected chi connectivity index (χ3v) is 5.63. The number of amides is 1. The highest BCUT2D eigenvalue weighted by Gasteiger charge is 2.29. The zero-order chi connectivity index (χ0) is 23.7. The summed E-state index contributed by atoms with van der Waals surface area (Å²) in [6.45, 7) is 9.71. The van der Waals surface area contributed by atoms with Crippen molar-refractivity contribution in [2.24, 2.45) is 5.73 Å². The number of hydrogen-bond acceptors (Lipinski definition) is 5. The Kier molecular flexibility index (Phi) is 6.07. The number of aromatic nitrogens is 3. The molecule has 1 aliphatic heterocycles. The molecule has 1 aliphatic rings. The molecule has 1 aromatic carbocycles. The SMILES string of the molecule is [C-]#[N+]c1ccc(-c2nc(C(=O)N3CCC[C@@H](N)C3)c(C)n2-c2cnc(OC)c(F)c2)cc1F. The van der Waals surface area contributed by atoms with Crippen LogP contribution in [0.4, 0.5) is 14.5 Å². The maximum atomic E-state index is 14.5. The molecule has 2 aromatic heterocycles. The summed E-state index contributed by atoms with van der Waals surface area (Å²) in [6.07, 6.45) is 3.01.